The standard InChI is InChI=1S/C37H40ClN3O3S/c1-26-22-27(2)36(28(3)23-26)45(43,44)41(25-30-12-15-33(42)24-34(30)38)32-13-10-29(11-14-32)16-18-37(4,35-9-7-21-40-35)19-17-31-8-5-6-20-39-31/h5-15,20-24,40,42H,16-19,25H2,1-4H3. The lowest BCUT2D eigenvalue weighted by Crippen LogP contribution is -2.32. The highest BCUT2D eigenvalue weighted by Gasteiger charge is 2.30. The Hall–Kier alpha value is -4.07. The molecule has 0 aliphatic rings. The van der Waals surface area contributed by atoms with Gasteiger partial charge in [0, 0.05) is 34.2 Å². The van der Waals surface area contributed by atoms with Crippen LogP contribution in [0.25, 0.3) is 0 Å². The van der Waals surface area contributed by atoms with Crippen molar-refractivity contribution in [2.75, 3.05) is 4.31 Å². The molecule has 2 N–H and O–H groups in total. The number of sulfonamides is 1. The lowest BCUT2D eigenvalue weighted by Gasteiger charge is -2.29. The number of phenols is 1. The Bertz CT molecular complexity index is 1830. The van der Waals surface area contributed by atoms with Gasteiger partial charge < -0.3 is 10.1 Å². The van der Waals surface area contributed by atoms with Crippen LogP contribution in [-0.2, 0) is 34.8 Å². The summed E-state index contributed by atoms with van der Waals surface area (Å²) in [6.07, 6.45) is 7.35. The summed E-state index contributed by atoms with van der Waals surface area (Å²) >= 11 is 6.47. The van der Waals surface area contributed by atoms with Gasteiger partial charge in [-0.1, -0.05) is 60.5 Å². The Kier molecular flexibility index (Phi) is 9.70. The van der Waals surface area contributed by atoms with Crippen molar-refractivity contribution in [2.45, 2.75) is 70.2 Å². The minimum absolute atomic E-state index is 0.0198. The van der Waals surface area contributed by atoms with Crippen molar-refractivity contribution in [1.29, 1.82) is 0 Å². The number of phenolic OH excluding ortho intramolecular Hbond substituents is 1. The van der Waals surface area contributed by atoms with E-state index in [1.165, 1.54) is 22.1 Å². The van der Waals surface area contributed by atoms with E-state index in [1.807, 2.05) is 87.8 Å². The number of H-pyrrole nitrogens is 1. The SMILES string of the molecule is Cc1cc(C)c(S(=O)(=O)N(Cc2ccc(O)cc2Cl)c2ccc(CCC(C)(CCc3ccccn3)c3ccc[nH]3)cc2)c(C)c1. The fraction of sp³-hybridized carbons (Fsp3) is 0.270. The van der Waals surface area contributed by atoms with E-state index in [0.717, 1.165) is 42.5 Å². The van der Waals surface area contributed by atoms with Crippen molar-refractivity contribution in [1.82, 2.24) is 9.97 Å². The van der Waals surface area contributed by atoms with E-state index in [2.05, 4.69) is 29.0 Å². The van der Waals surface area contributed by atoms with E-state index >= 15 is 0 Å². The number of aromatic amines is 1. The largest absolute Gasteiger partial charge is 0.508 e. The zero-order valence-electron chi connectivity index (χ0n) is 26.2. The number of anilines is 1. The van der Waals surface area contributed by atoms with Gasteiger partial charge in [0.05, 0.1) is 17.1 Å². The molecule has 1 atom stereocenters. The first-order chi connectivity index (χ1) is 21.5. The Morgan fingerprint density at radius 1 is 0.889 bits per heavy atom. The van der Waals surface area contributed by atoms with Crippen molar-refractivity contribution in [3.63, 3.8) is 0 Å². The van der Waals surface area contributed by atoms with E-state index in [-0.39, 0.29) is 17.7 Å². The number of aromatic hydroxyl groups is 1. The summed E-state index contributed by atoms with van der Waals surface area (Å²) in [6, 6.07) is 26.4. The zero-order valence-corrected chi connectivity index (χ0v) is 27.8. The van der Waals surface area contributed by atoms with Crippen molar-refractivity contribution in [2.24, 2.45) is 0 Å². The first kappa shape index (κ1) is 32.3. The molecule has 0 amide bonds. The molecule has 0 radical (unpaired) electrons. The minimum atomic E-state index is -3.97. The van der Waals surface area contributed by atoms with Gasteiger partial charge >= 0.3 is 0 Å². The van der Waals surface area contributed by atoms with Gasteiger partial charge in [0.25, 0.3) is 10.0 Å². The molecule has 0 aliphatic carbocycles. The zero-order chi connectivity index (χ0) is 32.2. The molecule has 1 unspecified atom stereocenters. The highest BCUT2D eigenvalue weighted by Crippen LogP contribution is 2.35. The maximum absolute atomic E-state index is 14.4. The lowest BCUT2D eigenvalue weighted by molar-refractivity contribution is 0.390. The third kappa shape index (κ3) is 7.43. The number of aromatic nitrogens is 2. The summed E-state index contributed by atoms with van der Waals surface area (Å²) in [6.45, 7) is 7.93. The highest BCUT2D eigenvalue weighted by atomic mass is 35.5. The van der Waals surface area contributed by atoms with E-state index in [9.17, 15) is 13.5 Å². The number of nitrogens with one attached hydrogen (secondary N) is 1. The summed E-state index contributed by atoms with van der Waals surface area (Å²) in [7, 11) is -3.97. The van der Waals surface area contributed by atoms with E-state index < -0.39 is 10.0 Å². The van der Waals surface area contributed by atoms with Crippen LogP contribution in [0.5, 0.6) is 5.75 Å². The van der Waals surface area contributed by atoms with Crippen LogP contribution < -0.4 is 4.31 Å². The molecule has 5 rings (SSSR count). The van der Waals surface area contributed by atoms with Gasteiger partial charge in [-0.15, -0.1) is 0 Å². The average Bonchev–Trinajstić information content (AvgIpc) is 3.55. The molecule has 8 heteroatoms. The van der Waals surface area contributed by atoms with Gasteiger partial charge in [-0.2, -0.15) is 0 Å². The van der Waals surface area contributed by atoms with Gasteiger partial charge in [0.15, 0.2) is 0 Å². The monoisotopic (exact) mass is 641 g/mol. The van der Waals surface area contributed by atoms with Crippen LogP contribution >= 0.6 is 11.6 Å². The van der Waals surface area contributed by atoms with Crippen molar-refractivity contribution in [3.05, 3.63) is 142 Å². The minimum Gasteiger partial charge on any atom is -0.508 e. The van der Waals surface area contributed by atoms with Crippen LogP contribution in [0.1, 0.15) is 59.0 Å². The Morgan fingerprint density at radius 3 is 2.22 bits per heavy atom. The predicted octanol–water partition coefficient (Wildman–Crippen LogP) is 8.61. The summed E-state index contributed by atoms with van der Waals surface area (Å²) in [5.41, 5.74) is 6.84. The Balaban J connectivity index is 1.43. The fourth-order valence-electron chi connectivity index (χ4n) is 6.12. The first-order valence-corrected chi connectivity index (χ1v) is 17.0. The van der Waals surface area contributed by atoms with Crippen LogP contribution in [0.3, 0.4) is 0 Å². The molecule has 0 spiro atoms. The smallest absolute Gasteiger partial charge is 0.265 e. The molecule has 5 aromatic rings. The van der Waals surface area contributed by atoms with Crippen LogP contribution in [0.2, 0.25) is 5.02 Å². The molecule has 45 heavy (non-hydrogen) atoms. The molecule has 3 aromatic carbocycles. The van der Waals surface area contributed by atoms with Gasteiger partial charge in [0.2, 0.25) is 0 Å². The van der Waals surface area contributed by atoms with Crippen LogP contribution in [0.4, 0.5) is 5.69 Å². The number of halogens is 1. The summed E-state index contributed by atoms with van der Waals surface area (Å²) in [4.78, 5) is 8.24. The number of hydrogen-bond donors (Lipinski definition) is 2. The number of benzene rings is 3. The van der Waals surface area contributed by atoms with Crippen molar-refractivity contribution in [3.8, 4) is 5.75 Å². The number of pyridine rings is 1. The topological polar surface area (TPSA) is 86.3 Å². The second-order valence-corrected chi connectivity index (χ2v) is 14.4. The quantitative estimate of drug-likeness (QED) is 0.143. The lowest BCUT2D eigenvalue weighted by atomic mass is 9.77. The third-order valence-electron chi connectivity index (χ3n) is 8.60. The molecule has 0 bridgehead atoms. The molecule has 6 nitrogen and oxygen atoms in total. The predicted molar refractivity (Wildman–Crippen MR) is 183 cm³/mol. The summed E-state index contributed by atoms with van der Waals surface area (Å²) < 4.78 is 30.1. The molecule has 2 aromatic heterocycles. The highest BCUT2D eigenvalue weighted by molar-refractivity contribution is 7.92. The van der Waals surface area contributed by atoms with Crippen LogP contribution in [0.15, 0.2) is 102 Å². The average molecular weight is 642 g/mol. The van der Waals surface area contributed by atoms with Gasteiger partial charge in [0.1, 0.15) is 5.75 Å². The summed E-state index contributed by atoms with van der Waals surface area (Å²) in [5, 5.41) is 10.2. The first-order valence-electron chi connectivity index (χ1n) is 15.2. The molecular weight excluding hydrogens is 602 g/mol. The molecule has 0 saturated heterocycles. The van der Waals surface area contributed by atoms with Crippen LogP contribution in [-0.4, -0.2) is 23.5 Å². The number of hydrogen-bond acceptors (Lipinski definition) is 4. The Morgan fingerprint density at radius 2 is 1.60 bits per heavy atom. The maximum Gasteiger partial charge on any atom is 0.265 e. The number of aryl methyl sites for hydroxylation is 5. The molecular formula is C37H40ClN3O3S. The third-order valence-corrected chi connectivity index (χ3v) is 11.0. The molecule has 0 aliphatic heterocycles. The Labute approximate surface area is 271 Å². The summed E-state index contributed by atoms with van der Waals surface area (Å²) in [5.74, 6) is 0.0270. The van der Waals surface area contributed by atoms with E-state index in [1.54, 1.807) is 6.07 Å². The van der Waals surface area contributed by atoms with E-state index in [4.69, 9.17) is 11.6 Å². The second kappa shape index (κ2) is 13.5. The maximum atomic E-state index is 14.4. The molecule has 234 valence electrons. The van der Waals surface area contributed by atoms with Gasteiger partial charge in [-0.3, -0.25) is 9.29 Å². The van der Waals surface area contributed by atoms with Crippen molar-refractivity contribution < 1.29 is 13.5 Å². The number of nitrogens with zero attached hydrogens (tertiary/aromatic N) is 2. The normalized spacial score (nSPS) is 13.0. The molecule has 2 heterocycles. The van der Waals surface area contributed by atoms with Gasteiger partial charge in [-0.05, 0) is 117 Å². The number of rotatable bonds is 12. The second-order valence-electron chi connectivity index (χ2n) is 12.1. The fourth-order valence-corrected chi connectivity index (χ4v) is 8.21. The van der Waals surface area contributed by atoms with Crippen LogP contribution in [0, 0.1) is 20.8 Å². The van der Waals surface area contributed by atoms with Crippen molar-refractivity contribution >= 4 is 27.3 Å². The van der Waals surface area contributed by atoms with Gasteiger partial charge in [-0.25, -0.2) is 8.42 Å². The molecule has 0 saturated carbocycles. The van der Waals surface area contributed by atoms with E-state index in [0.29, 0.717) is 32.3 Å². The molecule has 0 fully saturated rings.